The molecule has 2 fully saturated rings. The van der Waals surface area contributed by atoms with Gasteiger partial charge in [-0.25, -0.2) is 23.1 Å². The largest absolute Gasteiger partial charge is 0.460 e. The minimum atomic E-state index is -3.52. The van der Waals surface area contributed by atoms with Crippen LogP contribution in [0.5, 0.6) is 6.01 Å². The number of pyridine rings is 2. The normalized spacial score (nSPS) is 15.3. The summed E-state index contributed by atoms with van der Waals surface area (Å²) in [6.07, 6.45) is 13.7. The number of rotatable bonds is 15. The summed E-state index contributed by atoms with van der Waals surface area (Å²) in [5.74, 6) is 0.851. The quantitative estimate of drug-likeness (QED) is 0.0691. The lowest BCUT2D eigenvalue weighted by Crippen LogP contribution is -2.22. The molecular weight excluding hydrogens is 812 g/mol. The number of aliphatic hydroxyl groups excluding tert-OH is 1. The van der Waals surface area contributed by atoms with Gasteiger partial charge in [0.2, 0.25) is 15.0 Å². The van der Waals surface area contributed by atoms with Crippen molar-refractivity contribution in [1.82, 2.24) is 39.5 Å². The lowest BCUT2D eigenvalue weighted by atomic mass is 10.3. The molecule has 0 radical (unpaired) electrons. The summed E-state index contributed by atoms with van der Waals surface area (Å²) in [6.45, 7) is 15.5. The van der Waals surface area contributed by atoms with Crippen molar-refractivity contribution in [2.45, 2.75) is 134 Å². The molecule has 2 saturated carbocycles. The van der Waals surface area contributed by atoms with Crippen LogP contribution in [0.2, 0.25) is 61.7 Å². The first-order valence-electron chi connectivity index (χ1n) is 19.2. The van der Waals surface area contributed by atoms with Crippen LogP contribution in [0.1, 0.15) is 51.4 Å². The van der Waals surface area contributed by atoms with Gasteiger partial charge >= 0.3 is 6.01 Å². The van der Waals surface area contributed by atoms with Crippen LogP contribution in [0, 0.1) is 0 Å². The first kappa shape index (κ1) is 45.9. The Morgan fingerprint density at radius 3 is 1.62 bits per heavy atom. The second-order valence-corrected chi connectivity index (χ2v) is 30.5. The summed E-state index contributed by atoms with van der Waals surface area (Å²) >= 11 is 11.6. The topological polar surface area (TPSA) is 169 Å². The van der Waals surface area contributed by atoms with Gasteiger partial charge in [0.15, 0.2) is 11.6 Å². The molecule has 4 heterocycles. The van der Waals surface area contributed by atoms with Crippen LogP contribution in [0.15, 0.2) is 41.8 Å². The van der Waals surface area contributed by atoms with E-state index in [1.165, 1.54) is 36.6 Å². The van der Waals surface area contributed by atoms with Crippen molar-refractivity contribution in [2.24, 2.45) is 0 Å². The molecular formula is C37H58Cl2N8O6SSi2. The Morgan fingerprint density at radius 1 is 0.732 bits per heavy atom. The van der Waals surface area contributed by atoms with E-state index in [9.17, 15) is 8.42 Å². The van der Waals surface area contributed by atoms with E-state index in [-0.39, 0.29) is 29.9 Å². The molecule has 0 aliphatic heterocycles. The molecule has 14 nitrogen and oxygen atoms in total. The molecule has 0 saturated heterocycles. The van der Waals surface area contributed by atoms with Crippen LogP contribution in [0.25, 0.3) is 22.8 Å². The van der Waals surface area contributed by atoms with Gasteiger partial charge < -0.3 is 19.3 Å². The predicted molar refractivity (Wildman–Crippen MR) is 225 cm³/mol. The maximum Gasteiger partial charge on any atom is 0.317 e. The van der Waals surface area contributed by atoms with Crippen LogP contribution in [-0.4, -0.2) is 101 Å². The van der Waals surface area contributed by atoms with Crippen molar-refractivity contribution in [2.75, 3.05) is 19.5 Å². The fourth-order valence-electron chi connectivity index (χ4n) is 5.56. The average molecular weight is 870 g/mol. The predicted octanol–water partition coefficient (Wildman–Crippen LogP) is 8.26. The van der Waals surface area contributed by atoms with Gasteiger partial charge in [0.25, 0.3) is 0 Å². The molecule has 6 rings (SSSR count). The minimum Gasteiger partial charge on any atom is -0.460 e. The van der Waals surface area contributed by atoms with Gasteiger partial charge in [0, 0.05) is 59.1 Å². The van der Waals surface area contributed by atoms with E-state index in [0.717, 1.165) is 56.2 Å². The van der Waals surface area contributed by atoms with Gasteiger partial charge in [0.1, 0.15) is 29.9 Å². The summed E-state index contributed by atoms with van der Waals surface area (Å²) in [7, 11) is -5.84. The molecule has 2 aliphatic carbocycles. The van der Waals surface area contributed by atoms with E-state index in [2.05, 4.69) is 69.4 Å². The average Bonchev–Trinajstić information content (AvgIpc) is 3.95. The number of halogens is 2. The summed E-state index contributed by atoms with van der Waals surface area (Å²) in [5, 5.41) is 18.2. The van der Waals surface area contributed by atoms with Gasteiger partial charge in [-0.05, 0) is 74.9 Å². The molecule has 0 bridgehead atoms. The SMILES string of the molecule is C[Si](C)(C)CCOCn1nc(-c2ccc(Cl)nc2)nc1OC1CCCC1.C[Si](C)(C)CCOCn1nc(-c2ccc(Cl)nc2)nc1S(C)(=O)=O.OC1CCCC1. The first-order chi connectivity index (χ1) is 26.4. The molecule has 0 atom stereocenters. The van der Waals surface area contributed by atoms with Crippen molar-refractivity contribution >= 4 is 49.2 Å². The maximum absolute atomic E-state index is 11.9. The van der Waals surface area contributed by atoms with Crippen molar-refractivity contribution in [3.63, 3.8) is 0 Å². The molecule has 2 aliphatic rings. The zero-order valence-corrected chi connectivity index (χ0v) is 38.1. The fraction of sp³-hybridized carbons (Fsp3) is 0.622. The molecule has 19 heteroatoms. The smallest absolute Gasteiger partial charge is 0.317 e. The van der Waals surface area contributed by atoms with Gasteiger partial charge in [-0.2, -0.15) is 14.6 Å². The van der Waals surface area contributed by atoms with Crippen molar-refractivity contribution in [1.29, 1.82) is 0 Å². The number of sulfone groups is 1. The van der Waals surface area contributed by atoms with Crippen LogP contribution in [0.3, 0.4) is 0 Å². The molecule has 56 heavy (non-hydrogen) atoms. The maximum atomic E-state index is 11.9. The molecule has 0 amide bonds. The Bertz CT molecular complexity index is 1890. The van der Waals surface area contributed by atoms with E-state index >= 15 is 0 Å². The lowest BCUT2D eigenvalue weighted by molar-refractivity contribution is 0.0639. The number of aliphatic hydroxyl groups is 1. The third-order valence-electron chi connectivity index (χ3n) is 8.90. The Labute approximate surface area is 343 Å². The number of aromatic nitrogens is 8. The van der Waals surface area contributed by atoms with Crippen molar-refractivity contribution in [3.8, 4) is 28.8 Å². The molecule has 0 aromatic carbocycles. The highest BCUT2D eigenvalue weighted by atomic mass is 35.5. The van der Waals surface area contributed by atoms with Gasteiger partial charge in [-0.1, -0.05) is 75.3 Å². The van der Waals surface area contributed by atoms with Crippen LogP contribution in [-0.2, 0) is 32.8 Å². The second kappa shape index (κ2) is 21.3. The number of ether oxygens (including phenoxy) is 3. The van der Waals surface area contributed by atoms with E-state index in [4.69, 9.17) is 42.5 Å². The van der Waals surface area contributed by atoms with Crippen LogP contribution < -0.4 is 4.74 Å². The van der Waals surface area contributed by atoms with E-state index in [0.29, 0.717) is 41.0 Å². The van der Waals surface area contributed by atoms with Gasteiger partial charge in [0.05, 0.1) is 6.10 Å². The number of nitrogens with zero attached hydrogens (tertiary/aromatic N) is 8. The summed E-state index contributed by atoms with van der Waals surface area (Å²) in [4.78, 5) is 16.8. The fourth-order valence-corrected chi connectivity index (χ4v) is 8.03. The third-order valence-corrected chi connectivity index (χ3v) is 13.7. The molecule has 0 unspecified atom stereocenters. The van der Waals surface area contributed by atoms with E-state index in [1.54, 1.807) is 29.1 Å². The molecule has 310 valence electrons. The minimum absolute atomic E-state index is 0.0426. The highest BCUT2D eigenvalue weighted by Gasteiger charge is 2.23. The zero-order chi connectivity index (χ0) is 40.9. The lowest BCUT2D eigenvalue weighted by Gasteiger charge is -2.16. The highest BCUT2D eigenvalue weighted by molar-refractivity contribution is 7.90. The first-order valence-corrected chi connectivity index (χ1v) is 29.3. The van der Waals surface area contributed by atoms with Crippen molar-refractivity contribution < 1.29 is 27.7 Å². The van der Waals surface area contributed by atoms with Crippen molar-refractivity contribution in [3.05, 3.63) is 47.0 Å². The summed E-state index contributed by atoms with van der Waals surface area (Å²) in [6, 6.07) is 9.52. The monoisotopic (exact) mass is 868 g/mol. The van der Waals surface area contributed by atoms with Gasteiger partial charge in [-0.3, -0.25) is 0 Å². The summed E-state index contributed by atoms with van der Waals surface area (Å²) < 4.78 is 44.4. The third kappa shape index (κ3) is 16.2. The Hall–Kier alpha value is -2.78. The standard InChI is InChI=1S/C18H27ClN4O2Si.C14H21ClN4O3SSi.C5H10O/c1-26(2,3)11-10-24-13-23-18(25-15-6-4-5-7-15)21-17(22-23)14-8-9-16(19)20-12-14;1-23(20,21)14-17-13(11-5-6-12(15)16-9-11)18-19(14)10-22-7-8-24(2,3)4;6-5-3-1-2-4-5/h8-9,12,15H,4-7,10-11,13H2,1-3H3;5-6,9H,7-8,10H2,1-4H3;5-6H,1-4H2. The zero-order valence-electron chi connectivity index (χ0n) is 33.7. The molecule has 0 spiro atoms. The Morgan fingerprint density at radius 2 is 1.20 bits per heavy atom. The second-order valence-electron chi connectivity index (χ2n) is 16.6. The molecule has 1 N–H and O–H groups in total. The molecule has 4 aromatic heterocycles. The summed E-state index contributed by atoms with van der Waals surface area (Å²) in [5.41, 5.74) is 1.40. The Kier molecular flexibility index (Phi) is 17.5. The molecule has 4 aromatic rings. The van der Waals surface area contributed by atoms with E-state index in [1.807, 2.05) is 6.07 Å². The van der Waals surface area contributed by atoms with Gasteiger partial charge in [-0.15, -0.1) is 10.2 Å². The van der Waals surface area contributed by atoms with E-state index < -0.39 is 26.0 Å². The van der Waals surface area contributed by atoms with Crippen LogP contribution >= 0.6 is 23.2 Å². The van der Waals surface area contributed by atoms with Crippen LogP contribution in [0.4, 0.5) is 0 Å². The number of hydrogen-bond donors (Lipinski definition) is 1. The number of hydrogen-bond acceptors (Lipinski definition) is 12. The highest BCUT2D eigenvalue weighted by Crippen LogP contribution is 2.26. The Balaban J connectivity index is 0.000000216.